The maximum atomic E-state index is 11.6. The molecular formula is C10H15N3O2. The van der Waals surface area contributed by atoms with Crippen LogP contribution < -0.4 is 10.6 Å². The fourth-order valence-electron chi connectivity index (χ4n) is 1.47. The quantitative estimate of drug-likeness (QED) is 0.442. The summed E-state index contributed by atoms with van der Waals surface area (Å²) in [6, 6.07) is -0.390. The molecule has 1 aliphatic heterocycles. The molecule has 0 saturated carbocycles. The molecule has 1 unspecified atom stereocenters. The van der Waals surface area contributed by atoms with Gasteiger partial charge in [0.2, 0.25) is 11.8 Å². The third kappa shape index (κ3) is 2.96. The fourth-order valence-corrected chi connectivity index (χ4v) is 1.47. The first kappa shape index (κ1) is 11.5. The molecule has 15 heavy (non-hydrogen) atoms. The molecule has 1 atom stereocenters. The Morgan fingerprint density at radius 3 is 3.20 bits per heavy atom. The van der Waals surface area contributed by atoms with Crippen LogP contribution in [0.3, 0.4) is 0 Å². The van der Waals surface area contributed by atoms with Crippen molar-refractivity contribution < 1.29 is 9.59 Å². The van der Waals surface area contributed by atoms with Gasteiger partial charge in [0, 0.05) is 13.1 Å². The fraction of sp³-hybridized carbons (Fsp3) is 0.600. The molecule has 0 spiro atoms. The third-order valence-electron chi connectivity index (χ3n) is 2.32. The van der Waals surface area contributed by atoms with Crippen LogP contribution in [0, 0.1) is 12.3 Å². The maximum absolute atomic E-state index is 11.6. The van der Waals surface area contributed by atoms with E-state index in [1.807, 2.05) is 0 Å². The summed E-state index contributed by atoms with van der Waals surface area (Å²) in [5.41, 5.74) is 0. The van der Waals surface area contributed by atoms with Gasteiger partial charge in [-0.25, -0.2) is 0 Å². The predicted octanol–water partition coefficient (Wildman–Crippen LogP) is -1.44. The molecule has 0 aromatic carbocycles. The molecular weight excluding hydrogens is 194 g/mol. The van der Waals surface area contributed by atoms with E-state index in [-0.39, 0.29) is 24.4 Å². The lowest BCUT2D eigenvalue weighted by Crippen LogP contribution is -2.57. The third-order valence-corrected chi connectivity index (χ3v) is 2.32. The summed E-state index contributed by atoms with van der Waals surface area (Å²) in [5.74, 6) is 2.19. The molecule has 5 nitrogen and oxygen atoms in total. The highest BCUT2D eigenvalue weighted by molar-refractivity contribution is 5.89. The van der Waals surface area contributed by atoms with Gasteiger partial charge in [-0.05, 0) is 6.92 Å². The lowest BCUT2D eigenvalue weighted by atomic mass is 10.2. The average molecular weight is 209 g/mol. The van der Waals surface area contributed by atoms with E-state index in [0.29, 0.717) is 19.6 Å². The lowest BCUT2D eigenvalue weighted by Gasteiger charge is -2.32. The van der Waals surface area contributed by atoms with Crippen LogP contribution in [0.15, 0.2) is 0 Å². The SMILES string of the molecule is C#CCNCC(=O)N1CCNC(=O)C1C. The number of hydrogen-bond donors (Lipinski definition) is 2. The summed E-state index contributed by atoms with van der Waals surface area (Å²) in [6.07, 6.45) is 5.04. The zero-order chi connectivity index (χ0) is 11.3. The Bertz CT molecular complexity index is 296. The minimum Gasteiger partial charge on any atom is -0.353 e. The van der Waals surface area contributed by atoms with Crippen LogP contribution in [-0.4, -0.2) is 48.9 Å². The number of amides is 2. The number of rotatable bonds is 3. The minimum atomic E-state index is -0.390. The summed E-state index contributed by atoms with van der Waals surface area (Å²) in [4.78, 5) is 24.5. The molecule has 1 heterocycles. The largest absolute Gasteiger partial charge is 0.353 e. The monoisotopic (exact) mass is 209 g/mol. The van der Waals surface area contributed by atoms with Gasteiger partial charge < -0.3 is 10.2 Å². The highest BCUT2D eigenvalue weighted by Gasteiger charge is 2.28. The van der Waals surface area contributed by atoms with Crippen LogP contribution in [0.25, 0.3) is 0 Å². The van der Waals surface area contributed by atoms with Crippen molar-refractivity contribution in [1.82, 2.24) is 15.5 Å². The number of carbonyl (C=O) groups excluding carboxylic acids is 2. The Hall–Kier alpha value is -1.54. The van der Waals surface area contributed by atoms with Gasteiger partial charge in [0.15, 0.2) is 0 Å². The Morgan fingerprint density at radius 1 is 1.80 bits per heavy atom. The highest BCUT2D eigenvalue weighted by Crippen LogP contribution is 2.03. The second-order valence-electron chi connectivity index (χ2n) is 3.36. The molecule has 1 saturated heterocycles. The van der Waals surface area contributed by atoms with E-state index in [0.717, 1.165) is 0 Å². The first-order valence-corrected chi connectivity index (χ1v) is 4.88. The number of hydrogen-bond acceptors (Lipinski definition) is 3. The van der Waals surface area contributed by atoms with Gasteiger partial charge in [-0.1, -0.05) is 5.92 Å². The smallest absolute Gasteiger partial charge is 0.242 e. The van der Waals surface area contributed by atoms with Crippen molar-refractivity contribution in [2.24, 2.45) is 0 Å². The van der Waals surface area contributed by atoms with Crippen LogP contribution in [0.1, 0.15) is 6.92 Å². The Morgan fingerprint density at radius 2 is 2.53 bits per heavy atom. The van der Waals surface area contributed by atoms with Crippen molar-refractivity contribution in [2.75, 3.05) is 26.2 Å². The number of carbonyl (C=O) groups is 2. The molecule has 2 amide bonds. The molecule has 1 rings (SSSR count). The topological polar surface area (TPSA) is 61.4 Å². The van der Waals surface area contributed by atoms with Gasteiger partial charge in [0.05, 0.1) is 13.1 Å². The summed E-state index contributed by atoms with van der Waals surface area (Å²) in [5, 5.41) is 5.51. The molecule has 2 N–H and O–H groups in total. The van der Waals surface area contributed by atoms with Gasteiger partial charge in [0.25, 0.3) is 0 Å². The maximum Gasteiger partial charge on any atom is 0.242 e. The molecule has 0 aromatic heterocycles. The van der Waals surface area contributed by atoms with Crippen LogP contribution in [0.5, 0.6) is 0 Å². The Balaban J connectivity index is 2.44. The lowest BCUT2D eigenvalue weighted by molar-refractivity contribution is -0.141. The Labute approximate surface area is 89.2 Å². The van der Waals surface area contributed by atoms with Gasteiger partial charge >= 0.3 is 0 Å². The minimum absolute atomic E-state index is 0.0902. The van der Waals surface area contributed by atoms with Crippen LogP contribution in [-0.2, 0) is 9.59 Å². The van der Waals surface area contributed by atoms with Gasteiger partial charge in [-0.15, -0.1) is 6.42 Å². The standard InChI is InChI=1S/C10H15N3O2/c1-3-4-11-7-9(14)13-6-5-12-10(15)8(13)2/h1,8,11H,4-7H2,2H3,(H,12,15). The van der Waals surface area contributed by atoms with Crippen molar-refractivity contribution in [3.05, 3.63) is 0 Å². The van der Waals surface area contributed by atoms with Gasteiger partial charge in [-0.2, -0.15) is 0 Å². The van der Waals surface area contributed by atoms with Crippen LogP contribution >= 0.6 is 0 Å². The Kier molecular flexibility index (Phi) is 4.13. The first-order valence-electron chi connectivity index (χ1n) is 4.88. The molecule has 1 fully saturated rings. The van der Waals surface area contributed by atoms with Gasteiger partial charge in [0.1, 0.15) is 6.04 Å². The molecule has 82 valence electrons. The molecule has 0 radical (unpaired) electrons. The molecule has 1 aliphatic rings. The normalized spacial score (nSPS) is 20.7. The van der Waals surface area contributed by atoms with E-state index in [4.69, 9.17) is 6.42 Å². The van der Waals surface area contributed by atoms with Crippen LogP contribution in [0.4, 0.5) is 0 Å². The molecule has 0 aliphatic carbocycles. The van der Waals surface area contributed by atoms with Crippen molar-refractivity contribution in [1.29, 1.82) is 0 Å². The van der Waals surface area contributed by atoms with Crippen molar-refractivity contribution in [2.45, 2.75) is 13.0 Å². The zero-order valence-corrected chi connectivity index (χ0v) is 8.75. The van der Waals surface area contributed by atoms with E-state index in [1.54, 1.807) is 11.8 Å². The number of terminal acetylenes is 1. The van der Waals surface area contributed by atoms with E-state index in [1.165, 1.54) is 0 Å². The van der Waals surface area contributed by atoms with E-state index in [9.17, 15) is 9.59 Å². The summed E-state index contributed by atoms with van der Waals surface area (Å²) in [7, 11) is 0. The highest BCUT2D eigenvalue weighted by atomic mass is 16.2. The van der Waals surface area contributed by atoms with Crippen molar-refractivity contribution in [3.8, 4) is 12.3 Å². The number of piperazine rings is 1. The summed E-state index contributed by atoms with van der Waals surface area (Å²) >= 11 is 0. The van der Waals surface area contributed by atoms with E-state index < -0.39 is 0 Å². The van der Waals surface area contributed by atoms with E-state index in [2.05, 4.69) is 16.6 Å². The average Bonchev–Trinajstić information content (AvgIpc) is 2.22. The number of nitrogens with zero attached hydrogens (tertiary/aromatic N) is 1. The number of nitrogens with one attached hydrogen (secondary N) is 2. The second-order valence-corrected chi connectivity index (χ2v) is 3.36. The van der Waals surface area contributed by atoms with Crippen molar-refractivity contribution in [3.63, 3.8) is 0 Å². The predicted molar refractivity (Wildman–Crippen MR) is 55.9 cm³/mol. The van der Waals surface area contributed by atoms with E-state index >= 15 is 0 Å². The molecule has 0 aromatic rings. The first-order chi connectivity index (χ1) is 7.16. The van der Waals surface area contributed by atoms with Crippen LogP contribution in [0.2, 0.25) is 0 Å². The summed E-state index contributed by atoms with van der Waals surface area (Å²) in [6.45, 7) is 3.34. The molecule has 5 heteroatoms. The second kappa shape index (κ2) is 5.37. The zero-order valence-electron chi connectivity index (χ0n) is 8.75. The van der Waals surface area contributed by atoms with Crippen molar-refractivity contribution >= 4 is 11.8 Å². The molecule has 0 bridgehead atoms. The summed E-state index contributed by atoms with van der Waals surface area (Å²) < 4.78 is 0. The van der Waals surface area contributed by atoms with Gasteiger partial charge in [-0.3, -0.25) is 14.9 Å².